The monoisotopic (exact) mass is 800 g/mol. The van der Waals surface area contributed by atoms with Gasteiger partial charge in [0.1, 0.15) is 11.2 Å². The topological polar surface area (TPSA) is 23.0 Å². The van der Waals surface area contributed by atoms with Crippen LogP contribution in [0.1, 0.15) is 0 Å². The van der Waals surface area contributed by atoms with Crippen LogP contribution in [-0.4, -0.2) is 9.13 Å². The molecule has 0 unspecified atom stereocenters. The van der Waals surface area contributed by atoms with Crippen molar-refractivity contribution in [3.63, 3.8) is 0 Å². The Balaban J connectivity index is 0.989. The van der Waals surface area contributed by atoms with Crippen molar-refractivity contribution in [3.8, 4) is 33.6 Å². The van der Waals surface area contributed by atoms with Crippen molar-refractivity contribution >= 4 is 97.9 Å². The Morgan fingerprint density at radius 2 is 0.698 bits per heavy atom. The molecule has 0 radical (unpaired) electrons. The van der Waals surface area contributed by atoms with E-state index in [4.69, 9.17) is 4.42 Å². The second kappa shape index (κ2) is 13.1. The van der Waals surface area contributed by atoms with E-state index in [0.29, 0.717) is 0 Å². The molecule has 14 aromatic rings. The summed E-state index contributed by atoms with van der Waals surface area (Å²) in [5, 5.41) is 14.7. The quantitative estimate of drug-likeness (QED) is 0.163. The van der Waals surface area contributed by atoms with Gasteiger partial charge in [0.05, 0.1) is 22.1 Å². The largest absolute Gasteiger partial charge is 0.455 e. The molecule has 0 aliphatic carbocycles. The molecule has 3 aromatic heterocycles. The fourth-order valence-corrected chi connectivity index (χ4v) is 10.7. The lowest BCUT2D eigenvalue weighted by molar-refractivity contribution is 0.670. The molecule has 0 N–H and O–H groups in total. The van der Waals surface area contributed by atoms with Gasteiger partial charge in [-0.3, -0.25) is 0 Å². The maximum Gasteiger partial charge on any atom is 0.143 e. The summed E-state index contributed by atoms with van der Waals surface area (Å²) < 4.78 is 11.6. The van der Waals surface area contributed by atoms with E-state index in [2.05, 4.69) is 228 Å². The molecule has 3 heterocycles. The van der Waals surface area contributed by atoms with E-state index in [-0.39, 0.29) is 0 Å². The summed E-state index contributed by atoms with van der Waals surface area (Å²) in [6.07, 6.45) is 0. The zero-order valence-electron chi connectivity index (χ0n) is 34.1. The molecule has 0 atom stereocenters. The Labute approximate surface area is 361 Å². The van der Waals surface area contributed by atoms with Crippen molar-refractivity contribution in [2.45, 2.75) is 0 Å². The summed E-state index contributed by atoms with van der Waals surface area (Å²) in [6.45, 7) is 0. The lowest BCUT2D eigenvalue weighted by Gasteiger charge is -2.14. The lowest BCUT2D eigenvalue weighted by Crippen LogP contribution is -1.95. The molecule has 63 heavy (non-hydrogen) atoms. The molecule has 0 bridgehead atoms. The number of fused-ring (bicyclic) bond motifs is 15. The highest BCUT2D eigenvalue weighted by Gasteiger charge is 2.20. The summed E-state index contributed by atoms with van der Waals surface area (Å²) in [4.78, 5) is 0. The van der Waals surface area contributed by atoms with Crippen molar-refractivity contribution in [2.75, 3.05) is 0 Å². The molecule has 0 aliphatic rings. The fourth-order valence-electron chi connectivity index (χ4n) is 10.7. The van der Waals surface area contributed by atoms with Crippen LogP contribution in [0.25, 0.3) is 131 Å². The highest BCUT2D eigenvalue weighted by Crippen LogP contribution is 2.44. The Hall–Kier alpha value is -8.40. The van der Waals surface area contributed by atoms with Gasteiger partial charge in [-0.05, 0) is 122 Å². The minimum Gasteiger partial charge on any atom is -0.455 e. The molecule has 0 saturated carbocycles. The first-order valence-corrected chi connectivity index (χ1v) is 21.7. The maximum atomic E-state index is 6.79. The Morgan fingerprint density at radius 3 is 1.32 bits per heavy atom. The van der Waals surface area contributed by atoms with Crippen LogP contribution in [-0.2, 0) is 0 Å². The van der Waals surface area contributed by atoms with Crippen LogP contribution in [0.2, 0.25) is 0 Å². The van der Waals surface area contributed by atoms with E-state index in [9.17, 15) is 0 Å². The average molecular weight is 801 g/mol. The number of hydrogen-bond donors (Lipinski definition) is 0. The number of rotatable bonds is 4. The summed E-state index contributed by atoms with van der Waals surface area (Å²) in [7, 11) is 0. The molecule has 0 aliphatic heterocycles. The first-order chi connectivity index (χ1) is 31.2. The van der Waals surface area contributed by atoms with Crippen LogP contribution in [0.4, 0.5) is 0 Å². The van der Waals surface area contributed by atoms with Gasteiger partial charge in [-0.2, -0.15) is 0 Å². The van der Waals surface area contributed by atoms with Gasteiger partial charge in [-0.25, -0.2) is 0 Å². The Kier molecular flexibility index (Phi) is 7.11. The van der Waals surface area contributed by atoms with E-state index in [1.54, 1.807) is 0 Å². The second-order valence-electron chi connectivity index (χ2n) is 16.8. The number of aromatic nitrogens is 2. The zero-order valence-corrected chi connectivity index (χ0v) is 34.1. The normalized spacial score (nSPS) is 12.1. The van der Waals surface area contributed by atoms with Gasteiger partial charge >= 0.3 is 0 Å². The van der Waals surface area contributed by atoms with Gasteiger partial charge in [0, 0.05) is 49.3 Å². The molecular weight excluding hydrogens is 765 g/mol. The molecule has 0 spiro atoms. The van der Waals surface area contributed by atoms with E-state index in [1.807, 2.05) is 0 Å². The Bertz CT molecular complexity index is 4170. The molecule has 0 saturated heterocycles. The summed E-state index contributed by atoms with van der Waals surface area (Å²) in [6, 6.07) is 79.8. The van der Waals surface area contributed by atoms with Gasteiger partial charge in [0.15, 0.2) is 0 Å². The van der Waals surface area contributed by atoms with Gasteiger partial charge in [-0.15, -0.1) is 0 Å². The highest BCUT2D eigenvalue weighted by atomic mass is 16.3. The van der Waals surface area contributed by atoms with Crippen LogP contribution >= 0.6 is 0 Å². The first-order valence-electron chi connectivity index (χ1n) is 21.7. The maximum absolute atomic E-state index is 6.79. The highest BCUT2D eigenvalue weighted by molar-refractivity contribution is 6.26. The summed E-state index contributed by atoms with van der Waals surface area (Å²) in [5.41, 5.74) is 13.4. The molecule has 11 aromatic carbocycles. The second-order valence-corrected chi connectivity index (χ2v) is 16.8. The van der Waals surface area contributed by atoms with Crippen LogP contribution in [0.5, 0.6) is 0 Å². The predicted molar refractivity (Wildman–Crippen MR) is 266 cm³/mol. The van der Waals surface area contributed by atoms with Crippen molar-refractivity contribution in [1.29, 1.82) is 0 Å². The number of furan rings is 1. The van der Waals surface area contributed by atoms with Crippen molar-refractivity contribution in [1.82, 2.24) is 9.13 Å². The van der Waals surface area contributed by atoms with E-state index in [1.165, 1.54) is 81.5 Å². The molecule has 14 rings (SSSR count). The minimum atomic E-state index is 0.888. The van der Waals surface area contributed by atoms with Gasteiger partial charge < -0.3 is 13.6 Å². The number of nitrogens with zero attached hydrogens (tertiary/aromatic N) is 2. The van der Waals surface area contributed by atoms with Gasteiger partial charge in [0.2, 0.25) is 0 Å². The SMILES string of the molecule is c1ccc(-n2c3ccccc3c3cc(-c4ccc5c(c4)c4ccccc4n5-c4cc(-c5ccc6c7ccccc7c7ccccc7c6c5)c5oc6ccccc6c5c4)ccc32)cc1. The molecule has 0 fully saturated rings. The van der Waals surface area contributed by atoms with Crippen LogP contribution in [0, 0.1) is 0 Å². The molecule has 292 valence electrons. The molecule has 0 amide bonds. The third-order valence-electron chi connectivity index (χ3n) is 13.5. The number of para-hydroxylation sites is 4. The molecule has 3 nitrogen and oxygen atoms in total. The third kappa shape index (κ3) is 4.96. The van der Waals surface area contributed by atoms with Crippen LogP contribution in [0.3, 0.4) is 0 Å². The van der Waals surface area contributed by atoms with Gasteiger partial charge in [0.25, 0.3) is 0 Å². The minimum absolute atomic E-state index is 0.888. The number of hydrogen-bond acceptors (Lipinski definition) is 1. The van der Waals surface area contributed by atoms with E-state index in [0.717, 1.165) is 50.0 Å². The van der Waals surface area contributed by atoms with Gasteiger partial charge in [-0.1, -0.05) is 146 Å². The number of benzene rings is 11. The standard InChI is InChI=1S/C60H36N2O/c1-2-14-40(15-3-1)61-55-23-11-8-20-47(55)52-32-37(27-30-57(52)61)38-28-31-58-53(33-38)48-21-9-12-24-56(48)62(58)41-35-50(60-54(36-41)49-22-10-13-25-59(49)63-60)39-26-29-46-44-18-5-4-16-42(44)43-17-6-7-19-45(43)51(46)34-39/h1-36H. The van der Waals surface area contributed by atoms with Crippen LogP contribution < -0.4 is 0 Å². The first kappa shape index (κ1) is 34.3. The van der Waals surface area contributed by atoms with Crippen molar-refractivity contribution in [3.05, 3.63) is 218 Å². The van der Waals surface area contributed by atoms with E-state index >= 15 is 0 Å². The average Bonchev–Trinajstić information content (AvgIpc) is 4.01. The fraction of sp³-hybridized carbons (Fsp3) is 0. The summed E-state index contributed by atoms with van der Waals surface area (Å²) >= 11 is 0. The summed E-state index contributed by atoms with van der Waals surface area (Å²) in [5.74, 6) is 0. The third-order valence-corrected chi connectivity index (χ3v) is 13.5. The zero-order chi connectivity index (χ0) is 41.2. The van der Waals surface area contributed by atoms with Crippen molar-refractivity contribution in [2.24, 2.45) is 0 Å². The predicted octanol–water partition coefficient (Wildman–Crippen LogP) is 16.6. The Morgan fingerprint density at radius 1 is 0.254 bits per heavy atom. The molecular formula is C60H36N2O. The van der Waals surface area contributed by atoms with E-state index < -0.39 is 0 Å². The lowest BCUT2D eigenvalue weighted by atomic mass is 9.91. The van der Waals surface area contributed by atoms with Crippen molar-refractivity contribution < 1.29 is 4.42 Å². The molecule has 3 heteroatoms. The van der Waals surface area contributed by atoms with Crippen LogP contribution in [0.15, 0.2) is 223 Å². The smallest absolute Gasteiger partial charge is 0.143 e.